The molecule has 1 aromatic heterocycles. The lowest BCUT2D eigenvalue weighted by atomic mass is 10.0. The molecule has 4 nitrogen and oxygen atoms in total. The van der Waals surface area contributed by atoms with Gasteiger partial charge in [-0.05, 0) is 5.56 Å². The molecule has 0 bridgehead atoms. The number of hydrogen-bond acceptors (Lipinski definition) is 4. The Bertz CT molecular complexity index is 466. The van der Waals surface area contributed by atoms with Crippen molar-refractivity contribution in [1.29, 1.82) is 0 Å². The monoisotopic (exact) mass is 218 g/mol. The number of benzene rings is 1. The van der Waals surface area contributed by atoms with Gasteiger partial charge in [0.15, 0.2) is 6.17 Å². The third-order valence-corrected chi connectivity index (χ3v) is 2.29. The molecule has 16 heavy (non-hydrogen) atoms. The van der Waals surface area contributed by atoms with Crippen LogP contribution in [-0.4, -0.2) is 9.97 Å². The molecule has 0 spiro atoms. The van der Waals surface area contributed by atoms with Crippen molar-refractivity contribution in [2.45, 2.75) is 6.17 Å². The summed E-state index contributed by atoms with van der Waals surface area (Å²) in [6.07, 6.45) is -0.186. The zero-order valence-electron chi connectivity index (χ0n) is 8.47. The molecule has 0 amide bonds. The zero-order valence-corrected chi connectivity index (χ0v) is 8.47. The first-order valence-corrected chi connectivity index (χ1v) is 4.75. The van der Waals surface area contributed by atoms with E-state index >= 15 is 0 Å². The van der Waals surface area contributed by atoms with Gasteiger partial charge in [0.1, 0.15) is 18.0 Å². The predicted octanol–water partition coefficient (Wildman–Crippen LogP) is 1.70. The van der Waals surface area contributed by atoms with Crippen LogP contribution in [0.2, 0.25) is 0 Å². The lowest BCUT2D eigenvalue weighted by Gasteiger charge is -2.12. The van der Waals surface area contributed by atoms with E-state index in [0.29, 0.717) is 5.56 Å². The van der Waals surface area contributed by atoms with Gasteiger partial charge in [-0.2, -0.15) is 0 Å². The van der Waals surface area contributed by atoms with Crippen LogP contribution in [0.5, 0.6) is 0 Å². The Morgan fingerprint density at radius 3 is 2.12 bits per heavy atom. The highest BCUT2D eigenvalue weighted by molar-refractivity contribution is 5.56. The van der Waals surface area contributed by atoms with Crippen molar-refractivity contribution in [2.75, 3.05) is 11.5 Å². The predicted molar refractivity (Wildman–Crippen MR) is 60.2 cm³/mol. The van der Waals surface area contributed by atoms with Gasteiger partial charge in [0.05, 0.1) is 5.56 Å². The Morgan fingerprint density at radius 1 is 1.00 bits per heavy atom. The molecule has 2 aromatic rings. The van der Waals surface area contributed by atoms with Gasteiger partial charge < -0.3 is 11.5 Å². The number of alkyl halides is 1. The molecule has 1 aromatic carbocycles. The topological polar surface area (TPSA) is 77.8 Å². The minimum absolute atomic E-state index is 0.0730. The van der Waals surface area contributed by atoms with E-state index < -0.39 is 6.17 Å². The molecule has 0 fully saturated rings. The second kappa shape index (κ2) is 4.14. The lowest BCUT2D eigenvalue weighted by Crippen LogP contribution is -2.08. The summed E-state index contributed by atoms with van der Waals surface area (Å²) < 4.78 is 14.1. The summed E-state index contributed by atoms with van der Waals surface area (Å²) in [5, 5.41) is 0. The van der Waals surface area contributed by atoms with E-state index in [1.54, 1.807) is 24.3 Å². The van der Waals surface area contributed by atoms with Gasteiger partial charge in [0.2, 0.25) is 0 Å². The molecular formula is C11H11FN4. The maximum atomic E-state index is 14.1. The van der Waals surface area contributed by atoms with Crippen LogP contribution in [0.25, 0.3) is 0 Å². The number of nitrogen functional groups attached to an aromatic ring is 2. The number of anilines is 2. The lowest BCUT2D eigenvalue weighted by molar-refractivity contribution is 0.402. The number of nitrogens with two attached hydrogens (primary N) is 2. The summed E-state index contributed by atoms with van der Waals surface area (Å²) in [6, 6.07) is 8.63. The average molecular weight is 218 g/mol. The van der Waals surface area contributed by atoms with E-state index in [-0.39, 0.29) is 17.2 Å². The van der Waals surface area contributed by atoms with Crippen LogP contribution in [0, 0.1) is 0 Å². The van der Waals surface area contributed by atoms with Crippen LogP contribution >= 0.6 is 0 Å². The first kappa shape index (κ1) is 10.4. The third kappa shape index (κ3) is 1.79. The van der Waals surface area contributed by atoms with Crippen LogP contribution in [-0.2, 0) is 0 Å². The SMILES string of the molecule is Nc1ncnc(N)c1C(F)c1ccccc1. The van der Waals surface area contributed by atoms with Crippen LogP contribution < -0.4 is 11.5 Å². The van der Waals surface area contributed by atoms with Crippen LogP contribution in [0.4, 0.5) is 16.0 Å². The molecular weight excluding hydrogens is 207 g/mol. The average Bonchev–Trinajstić information content (AvgIpc) is 2.30. The summed E-state index contributed by atoms with van der Waals surface area (Å²) >= 11 is 0. The van der Waals surface area contributed by atoms with Gasteiger partial charge in [-0.1, -0.05) is 30.3 Å². The molecule has 0 saturated heterocycles. The van der Waals surface area contributed by atoms with E-state index in [4.69, 9.17) is 11.5 Å². The highest BCUT2D eigenvalue weighted by Gasteiger charge is 2.19. The van der Waals surface area contributed by atoms with E-state index in [1.165, 1.54) is 6.33 Å². The second-order valence-corrected chi connectivity index (χ2v) is 3.33. The molecule has 4 N–H and O–H groups in total. The molecule has 1 unspecified atom stereocenters. The van der Waals surface area contributed by atoms with E-state index in [9.17, 15) is 4.39 Å². The van der Waals surface area contributed by atoms with Crippen LogP contribution in [0.15, 0.2) is 36.7 Å². The molecule has 0 aliphatic rings. The standard InChI is InChI=1S/C11H11FN4/c12-9(7-4-2-1-3-5-7)8-10(13)15-6-16-11(8)14/h1-6,9H,(H4,13,14,15,16). The Labute approximate surface area is 92.1 Å². The van der Waals surface area contributed by atoms with E-state index in [0.717, 1.165) is 0 Å². The fourth-order valence-electron chi connectivity index (χ4n) is 1.47. The Balaban J connectivity index is 2.46. The van der Waals surface area contributed by atoms with Crippen molar-refractivity contribution in [2.24, 2.45) is 0 Å². The smallest absolute Gasteiger partial charge is 0.157 e. The maximum absolute atomic E-state index is 14.1. The first-order chi connectivity index (χ1) is 7.70. The highest BCUT2D eigenvalue weighted by Crippen LogP contribution is 2.31. The van der Waals surface area contributed by atoms with Crippen molar-refractivity contribution in [3.8, 4) is 0 Å². The van der Waals surface area contributed by atoms with Crippen LogP contribution in [0.3, 0.4) is 0 Å². The van der Waals surface area contributed by atoms with Crippen molar-refractivity contribution in [3.05, 3.63) is 47.8 Å². The van der Waals surface area contributed by atoms with E-state index in [2.05, 4.69) is 9.97 Å². The molecule has 1 heterocycles. The summed E-state index contributed by atoms with van der Waals surface area (Å²) in [6.45, 7) is 0. The molecule has 0 radical (unpaired) electrons. The molecule has 0 aliphatic heterocycles. The summed E-state index contributed by atoms with van der Waals surface area (Å²) in [7, 11) is 0. The Kier molecular flexibility index (Phi) is 2.68. The largest absolute Gasteiger partial charge is 0.383 e. The fraction of sp³-hybridized carbons (Fsp3) is 0.0909. The second-order valence-electron chi connectivity index (χ2n) is 3.33. The van der Waals surface area contributed by atoms with Crippen LogP contribution in [0.1, 0.15) is 17.3 Å². The van der Waals surface area contributed by atoms with Gasteiger partial charge in [-0.15, -0.1) is 0 Å². The Morgan fingerprint density at radius 2 is 1.56 bits per heavy atom. The number of nitrogens with zero attached hydrogens (tertiary/aromatic N) is 2. The van der Waals surface area contributed by atoms with Gasteiger partial charge >= 0.3 is 0 Å². The van der Waals surface area contributed by atoms with Gasteiger partial charge in [-0.25, -0.2) is 14.4 Å². The van der Waals surface area contributed by atoms with Gasteiger partial charge in [-0.3, -0.25) is 0 Å². The first-order valence-electron chi connectivity index (χ1n) is 4.75. The zero-order chi connectivity index (χ0) is 11.5. The molecule has 2 rings (SSSR count). The number of aromatic nitrogens is 2. The van der Waals surface area contributed by atoms with Gasteiger partial charge in [0.25, 0.3) is 0 Å². The number of hydrogen-bond donors (Lipinski definition) is 2. The highest BCUT2D eigenvalue weighted by atomic mass is 19.1. The molecule has 5 heteroatoms. The summed E-state index contributed by atoms with van der Waals surface area (Å²) in [5.41, 5.74) is 11.8. The van der Waals surface area contributed by atoms with Crippen molar-refractivity contribution >= 4 is 11.6 Å². The van der Waals surface area contributed by atoms with E-state index in [1.807, 2.05) is 6.07 Å². The van der Waals surface area contributed by atoms with Crippen molar-refractivity contribution in [3.63, 3.8) is 0 Å². The molecule has 82 valence electrons. The maximum Gasteiger partial charge on any atom is 0.157 e. The normalized spacial score (nSPS) is 12.3. The molecule has 0 aliphatic carbocycles. The van der Waals surface area contributed by atoms with Crippen molar-refractivity contribution in [1.82, 2.24) is 9.97 Å². The summed E-state index contributed by atoms with van der Waals surface area (Å²) in [4.78, 5) is 7.47. The quantitative estimate of drug-likeness (QED) is 0.804. The minimum Gasteiger partial charge on any atom is -0.383 e. The van der Waals surface area contributed by atoms with Crippen molar-refractivity contribution < 1.29 is 4.39 Å². The Hall–Kier alpha value is -2.17. The molecule has 1 atom stereocenters. The minimum atomic E-state index is -1.40. The number of halogens is 1. The number of rotatable bonds is 2. The third-order valence-electron chi connectivity index (χ3n) is 2.29. The fourth-order valence-corrected chi connectivity index (χ4v) is 1.47. The van der Waals surface area contributed by atoms with Gasteiger partial charge in [0, 0.05) is 0 Å². The summed E-state index contributed by atoms with van der Waals surface area (Å²) in [5.74, 6) is 0.146. The molecule has 0 saturated carbocycles.